The molecule has 1 unspecified atom stereocenters. The lowest BCUT2D eigenvalue weighted by Gasteiger charge is -2.60. The molecule has 2 bridgehead atoms. The molecule has 2 aliphatic carbocycles. The molecule has 6 heteroatoms. The summed E-state index contributed by atoms with van der Waals surface area (Å²) in [6.07, 6.45) is 7.19. The summed E-state index contributed by atoms with van der Waals surface area (Å²) >= 11 is 0. The molecule has 7 rings (SSSR count). The van der Waals surface area contributed by atoms with E-state index >= 15 is 0 Å². The van der Waals surface area contributed by atoms with Gasteiger partial charge in [-0.1, -0.05) is 86.1 Å². The normalized spacial score (nSPS) is 26.8. The van der Waals surface area contributed by atoms with Crippen molar-refractivity contribution in [3.05, 3.63) is 107 Å². The number of aryl methyl sites for hydroxylation is 1. The van der Waals surface area contributed by atoms with Gasteiger partial charge in [-0.15, -0.1) is 0 Å². The van der Waals surface area contributed by atoms with E-state index in [9.17, 15) is 9.59 Å². The number of ether oxygens (including phenoxy) is 2. The number of carbonyl (C=O) groups is 2. The first-order valence-electron chi connectivity index (χ1n) is 17.0. The smallest absolute Gasteiger partial charge is 0.303 e. The summed E-state index contributed by atoms with van der Waals surface area (Å²) in [5.41, 5.74) is 5.89. The van der Waals surface area contributed by atoms with E-state index in [0.29, 0.717) is 31.0 Å². The summed E-state index contributed by atoms with van der Waals surface area (Å²) in [6.45, 7) is 10.2. The minimum absolute atomic E-state index is 0.00280. The molecule has 6 atom stereocenters. The Bertz CT molecular complexity index is 1630. The predicted molar refractivity (Wildman–Crippen MR) is 180 cm³/mol. The van der Waals surface area contributed by atoms with Crippen molar-refractivity contribution in [3.8, 4) is 5.75 Å². The highest BCUT2D eigenvalue weighted by atomic mass is 16.5. The lowest BCUT2D eigenvalue weighted by Crippen LogP contribution is -2.69. The fraction of sp³-hybridized carbons (Fsp3) is 0.450. The number of rotatable bonds is 9. The number of hydrogen-bond acceptors (Lipinski definition) is 5. The number of likely N-dealkylation sites (tertiary alicyclic amines) is 1. The van der Waals surface area contributed by atoms with Gasteiger partial charge in [0.2, 0.25) is 5.91 Å². The van der Waals surface area contributed by atoms with Crippen molar-refractivity contribution in [2.45, 2.75) is 83.1 Å². The van der Waals surface area contributed by atoms with E-state index in [2.05, 4.69) is 73.0 Å². The Kier molecular flexibility index (Phi) is 8.26. The lowest BCUT2D eigenvalue weighted by molar-refractivity contribution is -0.151. The summed E-state index contributed by atoms with van der Waals surface area (Å²) in [5, 5.41) is 0. The van der Waals surface area contributed by atoms with Crippen molar-refractivity contribution in [1.82, 2.24) is 9.80 Å². The Morgan fingerprint density at radius 3 is 2.63 bits per heavy atom. The van der Waals surface area contributed by atoms with Gasteiger partial charge in [-0.25, -0.2) is 0 Å². The minimum Gasteiger partial charge on any atom is -0.487 e. The second-order valence-corrected chi connectivity index (χ2v) is 14.3. The largest absolute Gasteiger partial charge is 0.487 e. The van der Waals surface area contributed by atoms with Crippen LogP contribution in [0, 0.1) is 18.8 Å². The van der Waals surface area contributed by atoms with Crippen LogP contribution >= 0.6 is 0 Å². The van der Waals surface area contributed by atoms with Gasteiger partial charge in [0.05, 0.1) is 6.04 Å². The van der Waals surface area contributed by atoms with E-state index in [1.54, 1.807) is 6.08 Å². The Morgan fingerprint density at radius 2 is 1.87 bits per heavy atom. The summed E-state index contributed by atoms with van der Waals surface area (Å²) in [5.74, 6) is 1.57. The molecule has 240 valence electrons. The molecule has 2 aliphatic heterocycles. The molecule has 6 nitrogen and oxygen atoms in total. The van der Waals surface area contributed by atoms with Crippen molar-refractivity contribution < 1.29 is 19.1 Å². The standard InChI is InChI=1S/C40H46N2O4/c1-26(2)24-42(37(44)19-16-29-11-8-10-27(3)22-29)33-18-17-32-34-23-31-14-9-15-35-38(31)40(32,39(33)46-35)20-21-41(34)25-36(45-28(4)43)30-12-6-5-7-13-30/h5-16,19,22,26,32-34,36,39H,17-18,20-21,23-25H2,1-4H3/t32-,33-,34+,36?,39-,40-/m0/s1. The van der Waals surface area contributed by atoms with Gasteiger partial charge in [-0.05, 0) is 79.8 Å². The molecule has 3 aromatic carbocycles. The second kappa shape index (κ2) is 12.4. The molecule has 1 saturated heterocycles. The first kappa shape index (κ1) is 30.7. The monoisotopic (exact) mass is 618 g/mol. The van der Waals surface area contributed by atoms with E-state index < -0.39 is 0 Å². The van der Waals surface area contributed by atoms with Gasteiger partial charge in [-0.3, -0.25) is 14.5 Å². The topological polar surface area (TPSA) is 59.1 Å². The Hall–Kier alpha value is -3.90. The lowest BCUT2D eigenvalue weighted by atomic mass is 9.51. The molecular formula is C40H46N2O4. The van der Waals surface area contributed by atoms with E-state index in [0.717, 1.165) is 49.1 Å². The molecule has 1 spiro atoms. The van der Waals surface area contributed by atoms with E-state index in [1.807, 2.05) is 36.4 Å². The third-order valence-corrected chi connectivity index (χ3v) is 10.9. The van der Waals surface area contributed by atoms with Gasteiger partial charge < -0.3 is 14.4 Å². The average molecular weight is 619 g/mol. The molecule has 0 N–H and O–H groups in total. The van der Waals surface area contributed by atoms with Crippen LogP contribution in [0.2, 0.25) is 0 Å². The van der Waals surface area contributed by atoms with E-state index in [-0.39, 0.29) is 35.5 Å². The Labute approximate surface area is 273 Å². The van der Waals surface area contributed by atoms with E-state index in [4.69, 9.17) is 9.47 Å². The van der Waals surface area contributed by atoms with Crippen molar-refractivity contribution in [2.75, 3.05) is 19.6 Å². The zero-order valence-corrected chi connectivity index (χ0v) is 27.5. The molecular weight excluding hydrogens is 572 g/mol. The van der Waals surface area contributed by atoms with Crippen LogP contribution in [0.4, 0.5) is 0 Å². The van der Waals surface area contributed by atoms with Crippen LogP contribution in [0.15, 0.2) is 78.9 Å². The maximum atomic E-state index is 14.1. The highest BCUT2D eigenvalue weighted by molar-refractivity contribution is 5.92. The Balaban J connectivity index is 1.21. The summed E-state index contributed by atoms with van der Waals surface area (Å²) in [7, 11) is 0. The number of esters is 1. The maximum absolute atomic E-state index is 14.1. The molecule has 2 heterocycles. The number of benzene rings is 3. The summed E-state index contributed by atoms with van der Waals surface area (Å²) in [6, 6.07) is 25.3. The van der Waals surface area contributed by atoms with E-state index in [1.165, 1.54) is 23.6 Å². The first-order valence-corrected chi connectivity index (χ1v) is 17.0. The van der Waals surface area contributed by atoms with Crippen molar-refractivity contribution >= 4 is 18.0 Å². The first-order chi connectivity index (χ1) is 22.2. The fourth-order valence-electron chi connectivity index (χ4n) is 9.23. The molecule has 4 aliphatic rings. The Morgan fingerprint density at radius 1 is 1.07 bits per heavy atom. The van der Waals surface area contributed by atoms with Crippen LogP contribution < -0.4 is 4.74 Å². The minimum atomic E-state index is -0.313. The molecule has 0 radical (unpaired) electrons. The molecule has 46 heavy (non-hydrogen) atoms. The van der Waals surface area contributed by atoms with Crippen LogP contribution in [0.25, 0.3) is 6.08 Å². The van der Waals surface area contributed by atoms with Gasteiger partial charge in [0.1, 0.15) is 18.0 Å². The van der Waals surface area contributed by atoms with Crippen LogP contribution in [0.5, 0.6) is 5.75 Å². The number of piperidine rings is 1. The highest BCUT2D eigenvalue weighted by Gasteiger charge is 2.66. The predicted octanol–water partition coefficient (Wildman–Crippen LogP) is 6.91. The molecule has 1 saturated carbocycles. The van der Waals surface area contributed by atoms with Gasteiger partial charge in [0.25, 0.3) is 0 Å². The van der Waals surface area contributed by atoms with Crippen LogP contribution in [-0.4, -0.2) is 59.5 Å². The van der Waals surface area contributed by atoms with Crippen molar-refractivity contribution in [2.24, 2.45) is 11.8 Å². The number of hydrogen-bond donors (Lipinski definition) is 0. The van der Waals surface area contributed by atoms with Gasteiger partial charge in [-0.2, -0.15) is 0 Å². The van der Waals surface area contributed by atoms with Crippen LogP contribution in [0.3, 0.4) is 0 Å². The van der Waals surface area contributed by atoms with Crippen molar-refractivity contribution in [1.29, 1.82) is 0 Å². The number of carbonyl (C=O) groups excluding carboxylic acids is 2. The highest BCUT2D eigenvalue weighted by Crippen LogP contribution is 2.62. The molecule has 1 amide bonds. The van der Waals surface area contributed by atoms with Gasteiger partial charge in [0, 0.05) is 43.1 Å². The summed E-state index contributed by atoms with van der Waals surface area (Å²) < 4.78 is 12.9. The van der Waals surface area contributed by atoms with Gasteiger partial charge >= 0.3 is 5.97 Å². The zero-order chi connectivity index (χ0) is 32.0. The SMILES string of the molecule is CC(=O)OC(CN1CC[C@]23c4c5cccc4O[C@H]2[C@@H](N(CC(C)C)C(=O)C=Cc2cccc(C)c2)CC[C@H]3[C@H]1C5)c1ccccc1. The average Bonchev–Trinajstić information content (AvgIpc) is 3.38. The molecule has 3 aromatic rings. The quantitative estimate of drug-likeness (QED) is 0.193. The summed E-state index contributed by atoms with van der Waals surface area (Å²) in [4.78, 5) is 31.0. The second-order valence-electron chi connectivity index (χ2n) is 14.3. The molecule has 0 aromatic heterocycles. The van der Waals surface area contributed by atoms with Crippen LogP contribution in [-0.2, 0) is 26.2 Å². The third kappa shape index (κ3) is 5.45. The van der Waals surface area contributed by atoms with Crippen molar-refractivity contribution in [3.63, 3.8) is 0 Å². The van der Waals surface area contributed by atoms with Crippen LogP contribution in [0.1, 0.15) is 74.0 Å². The molecule has 2 fully saturated rings. The maximum Gasteiger partial charge on any atom is 0.303 e. The number of nitrogens with zero attached hydrogens (tertiary/aromatic N) is 2. The number of amides is 1. The third-order valence-electron chi connectivity index (χ3n) is 10.9. The fourth-order valence-corrected chi connectivity index (χ4v) is 9.23. The zero-order valence-electron chi connectivity index (χ0n) is 27.5. The van der Waals surface area contributed by atoms with Gasteiger partial charge in [0.15, 0.2) is 0 Å².